The Morgan fingerprint density at radius 3 is 2.64 bits per heavy atom. The molecule has 3 rings (SSSR count). The second kappa shape index (κ2) is 9.41. The molecule has 0 aromatic carbocycles. The Kier molecular flexibility index (Phi) is 6.93. The molecule has 3 heterocycles. The number of aromatic nitrogens is 2. The van der Waals surface area contributed by atoms with Crippen LogP contribution in [0.3, 0.4) is 0 Å². The van der Waals surface area contributed by atoms with Crippen LogP contribution in [0.5, 0.6) is 0 Å². The molecule has 3 amide bonds. The summed E-state index contributed by atoms with van der Waals surface area (Å²) in [7, 11) is 1.95. The summed E-state index contributed by atoms with van der Waals surface area (Å²) in [5.41, 5.74) is 3.24. The van der Waals surface area contributed by atoms with Crippen LogP contribution in [-0.4, -0.2) is 70.9 Å². The number of aryl methyl sites for hydroxylation is 2. The van der Waals surface area contributed by atoms with Gasteiger partial charge in [0.25, 0.3) is 0 Å². The number of fused-ring (bicyclic) bond motifs is 1. The number of carbonyl (C=O) groups excluding carboxylic acids is 2. The fourth-order valence-electron chi connectivity index (χ4n) is 3.82. The number of nitrogens with zero attached hydrogens (tertiary/aromatic N) is 4. The van der Waals surface area contributed by atoms with Crippen molar-refractivity contribution in [3.63, 3.8) is 0 Å². The second-order valence-corrected chi connectivity index (χ2v) is 8.07. The Balaban J connectivity index is 1.58. The Bertz CT molecular complexity index is 694. The predicted molar refractivity (Wildman–Crippen MR) is 106 cm³/mol. The molecular weight excluding hydrogens is 358 g/mol. The molecule has 1 aromatic rings. The lowest BCUT2D eigenvalue weighted by atomic mass is 10.0. The first kappa shape index (κ1) is 20.6. The van der Waals surface area contributed by atoms with Crippen molar-refractivity contribution in [1.82, 2.24) is 24.9 Å². The summed E-state index contributed by atoms with van der Waals surface area (Å²) >= 11 is 0. The molecular formula is C20H33N5O3. The summed E-state index contributed by atoms with van der Waals surface area (Å²) in [4.78, 5) is 28.7. The summed E-state index contributed by atoms with van der Waals surface area (Å²) in [6, 6.07) is -0.00880. The number of urea groups is 1. The molecule has 1 saturated heterocycles. The minimum absolute atomic E-state index is 0.00880. The van der Waals surface area contributed by atoms with E-state index >= 15 is 0 Å². The van der Waals surface area contributed by atoms with Crippen LogP contribution in [0.15, 0.2) is 0 Å². The highest BCUT2D eigenvalue weighted by Crippen LogP contribution is 2.23. The molecule has 1 aromatic heterocycles. The van der Waals surface area contributed by atoms with E-state index in [2.05, 4.69) is 24.3 Å². The maximum atomic E-state index is 12.5. The first-order valence-corrected chi connectivity index (χ1v) is 10.4. The molecule has 2 aliphatic heterocycles. The fourth-order valence-corrected chi connectivity index (χ4v) is 3.82. The van der Waals surface area contributed by atoms with Gasteiger partial charge in [-0.25, -0.2) is 4.79 Å². The molecule has 0 saturated carbocycles. The van der Waals surface area contributed by atoms with E-state index in [-0.39, 0.29) is 11.9 Å². The molecule has 1 N–H and O–H groups in total. The van der Waals surface area contributed by atoms with Gasteiger partial charge in [0.1, 0.15) is 0 Å². The van der Waals surface area contributed by atoms with Gasteiger partial charge in [-0.2, -0.15) is 5.10 Å². The standard InChI is InChI=1S/C20H33N5O3/c1-15(2)6-8-21-20(27)25-9-7-18-16(14-25)17(22-23(18)3)4-5-19(26)24-10-12-28-13-11-24/h15H,4-14H2,1-3H3,(H,21,27). The first-order chi connectivity index (χ1) is 13.5. The van der Waals surface area contributed by atoms with Crippen molar-refractivity contribution >= 4 is 11.9 Å². The van der Waals surface area contributed by atoms with Crippen molar-refractivity contribution in [1.29, 1.82) is 0 Å². The molecule has 2 aliphatic rings. The third-order valence-corrected chi connectivity index (χ3v) is 5.55. The van der Waals surface area contributed by atoms with Gasteiger partial charge in [0.05, 0.1) is 25.5 Å². The van der Waals surface area contributed by atoms with Gasteiger partial charge in [-0.05, 0) is 12.3 Å². The van der Waals surface area contributed by atoms with Crippen molar-refractivity contribution in [3.8, 4) is 0 Å². The second-order valence-electron chi connectivity index (χ2n) is 8.07. The van der Waals surface area contributed by atoms with E-state index in [0.717, 1.165) is 24.1 Å². The lowest BCUT2D eigenvalue weighted by Crippen LogP contribution is -2.43. The Morgan fingerprint density at radius 1 is 1.18 bits per heavy atom. The normalized spacial score (nSPS) is 17.0. The van der Waals surface area contributed by atoms with Crippen molar-refractivity contribution in [3.05, 3.63) is 17.0 Å². The monoisotopic (exact) mass is 391 g/mol. The molecule has 0 aliphatic carbocycles. The number of hydrogen-bond donors (Lipinski definition) is 1. The van der Waals surface area contributed by atoms with Crippen molar-refractivity contribution < 1.29 is 14.3 Å². The Morgan fingerprint density at radius 2 is 1.93 bits per heavy atom. The average molecular weight is 392 g/mol. The quantitative estimate of drug-likeness (QED) is 0.793. The largest absolute Gasteiger partial charge is 0.378 e. The Labute approximate surface area is 167 Å². The summed E-state index contributed by atoms with van der Waals surface area (Å²) in [5, 5.41) is 7.67. The van der Waals surface area contributed by atoms with Crippen LogP contribution in [0, 0.1) is 5.92 Å². The van der Waals surface area contributed by atoms with Crippen LogP contribution in [-0.2, 0) is 36.0 Å². The maximum absolute atomic E-state index is 12.5. The van der Waals surface area contributed by atoms with Gasteiger partial charge in [0.2, 0.25) is 5.91 Å². The fraction of sp³-hybridized carbons (Fsp3) is 0.750. The third-order valence-electron chi connectivity index (χ3n) is 5.55. The number of rotatable bonds is 6. The van der Waals surface area contributed by atoms with Crippen molar-refractivity contribution in [2.45, 2.75) is 46.1 Å². The van der Waals surface area contributed by atoms with Crippen LogP contribution in [0.4, 0.5) is 4.79 Å². The molecule has 8 heteroatoms. The maximum Gasteiger partial charge on any atom is 0.317 e. The smallest absolute Gasteiger partial charge is 0.317 e. The molecule has 0 atom stereocenters. The van der Waals surface area contributed by atoms with Crippen LogP contribution >= 0.6 is 0 Å². The van der Waals surface area contributed by atoms with Crippen LogP contribution in [0.25, 0.3) is 0 Å². The molecule has 156 valence electrons. The number of hydrogen-bond acceptors (Lipinski definition) is 4. The summed E-state index contributed by atoms with van der Waals surface area (Å²) in [5.74, 6) is 0.726. The number of carbonyl (C=O) groups is 2. The molecule has 1 fully saturated rings. The third kappa shape index (κ3) is 5.04. The number of nitrogens with one attached hydrogen (secondary N) is 1. The molecule has 0 radical (unpaired) electrons. The molecule has 28 heavy (non-hydrogen) atoms. The van der Waals surface area contributed by atoms with E-state index < -0.39 is 0 Å². The van der Waals surface area contributed by atoms with Gasteiger partial charge in [0, 0.05) is 63.7 Å². The minimum atomic E-state index is -0.00880. The lowest BCUT2D eigenvalue weighted by molar-refractivity contribution is -0.135. The highest BCUT2D eigenvalue weighted by atomic mass is 16.5. The molecule has 0 unspecified atom stereocenters. The first-order valence-electron chi connectivity index (χ1n) is 10.4. The zero-order valence-corrected chi connectivity index (χ0v) is 17.4. The van der Waals surface area contributed by atoms with Crippen LogP contribution in [0.1, 0.15) is 43.6 Å². The van der Waals surface area contributed by atoms with E-state index in [0.29, 0.717) is 64.7 Å². The zero-order valence-electron chi connectivity index (χ0n) is 17.4. The van der Waals surface area contributed by atoms with Gasteiger partial charge >= 0.3 is 6.03 Å². The summed E-state index contributed by atoms with van der Waals surface area (Å²) in [6.45, 7) is 8.85. The van der Waals surface area contributed by atoms with Crippen molar-refractivity contribution in [2.75, 3.05) is 39.4 Å². The highest BCUT2D eigenvalue weighted by molar-refractivity contribution is 5.76. The minimum Gasteiger partial charge on any atom is -0.378 e. The zero-order chi connectivity index (χ0) is 20.1. The topological polar surface area (TPSA) is 79.7 Å². The SMILES string of the molecule is CC(C)CCNC(=O)N1CCc2c(c(CCC(=O)N3CCOCC3)nn2C)C1. The number of amides is 3. The predicted octanol–water partition coefficient (Wildman–Crippen LogP) is 1.33. The molecule has 0 spiro atoms. The van der Waals surface area contributed by atoms with E-state index in [1.165, 1.54) is 5.69 Å². The van der Waals surface area contributed by atoms with E-state index in [1.807, 2.05) is 21.5 Å². The van der Waals surface area contributed by atoms with E-state index in [9.17, 15) is 9.59 Å². The molecule has 8 nitrogen and oxygen atoms in total. The van der Waals surface area contributed by atoms with Gasteiger partial charge < -0.3 is 19.9 Å². The summed E-state index contributed by atoms with van der Waals surface area (Å²) in [6.07, 6.45) is 2.84. The van der Waals surface area contributed by atoms with Crippen LogP contribution in [0.2, 0.25) is 0 Å². The number of ether oxygens (including phenoxy) is 1. The molecule has 0 bridgehead atoms. The van der Waals surface area contributed by atoms with Gasteiger partial charge in [-0.3, -0.25) is 9.48 Å². The highest BCUT2D eigenvalue weighted by Gasteiger charge is 2.27. The van der Waals surface area contributed by atoms with Crippen molar-refractivity contribution in [2.24, 2.45) is 13.0 Å². The van der Waals surface area contributed by atoms with Gasteiger partial charge in [-0.15, -0.1) is 0 Å². The summed E-state index contributed by atoms with van der Waals surface area (Å²) < 4.78 is 7.23. The van der Waals surface area contributed by atoms with E-state index in [1.54, 1.807) is 0 Å². The average Bonchev–Trinajstić information content (AvgIpc) is 3.01. The van der Waals surface area contributed by atoms with E-state index in [4.69, 9.17) is 4.74 Å². The van der Waals surface area contributed by atoms with Gasteiger partial charge in [0.15, 0.2) is 0 Å². The lowest BCUT2D eigenvalue weighted by Gasteiger charge is -2.28. The van der Waals surface area contributed by atoms with Crippen LogP contribution < -0.4 is 5.32 Å². The number of morpholine rings is 1. The Hall–Kier alpha value is -2.09. The van der Waals surface area contributed by atoms with Gasteiger partial charge in [-0.1, -0.05) is 13.8 Å².